The second-order valence-corrected chi connectivity index (χ2v) is 6.98. The van der Waals surface area contributed by atoms with Gasteiger partial charge in [0.2, 0.25) is 12.2 Å². The third-order valence-corrected chi connectivity index (χ3v) is 5.03. The van der Waals surface area contributed by atoms with Gasteiger partial charge in [0.15, 0.2) is 29.4 Å². The molecule has 0 aliphatic carbocycles. The number of aromatic nitrogens is 4. The number of nitrogens with one attached hydrogen (secondary N) is 1. The molecule has 3 N–H and O–H groups in total. The third-order valence-electron chi connectivity index (χ3n) is 5.03. The molecule has 2 aromatic heterocycles. The minimum atomic E-state index is -1.32. The molecule has 11 heteroatoms. The van der Waals surface area contributed by atoms with Crippen molar-refractivity contribution < 1.29 is 24.6 Å². The first-order valence-corrected chi connectivity index (χ1v) is 9.90. The van der Waals surface area contributed by atoms with Gasteiger partial charge in [-0.2, -0.15) is 4.98 Å². The number of imidazole rings is 1. The van der Waals surface area contributed by atoms with E-state index in [-0.39, 0.29) is 11.6 Å². The Morgan fingerprint density at radius 1 is 1.25 bits per heavy atom. The number of hydrogen-bond acceptors (Lipinski definition) is 9. The predicted octanol–water partition coefficient (Wildman–Crippen LogP) is 0.254. The van der Waals surface area contributed by atoms with Crippen LogP contribution in [-0.2, 0) is 14.4 Å². The first-order chi connectivity index (χ1) is 15.6. The molecule has 1 aliphatic heterocycles. The lowest BCUT2D eigenvalue weighted by molar-refractivity contribution is -0.141. The summed E-state index contributed by atoms with van der Waals surface area (Å²) in [6.07, 6.45) is -2.69. The SMILES string of the molecule is CCN(C=O)[C@H]1O[C@@H](n2cnc3c(NOC)nc(C#Cc4ccccc4)nc32)[C@H](O)[C@@H]1O. The maximum Gasteiger partial charge on any atom is 0.211 e. The van der Waals surface area contributed by atoms with Crippen LogP contribution >= 0.6 is 0 Å². The largest absolute Gasteiger partial charge is 0.385 e. The molecule has 0 spiro atoms. The Hall–Kier alpha value is -3.56. The van der Waals surface area contributed by atoms with Gasteiger partial charge in [0.25, 0.3) is 0 Å². The van der Waals surface area contributed by atoms with Crippen LogP contribution in [0.25, 0.3) is 11.2 Å². The first kappa shape index (κ1) is 21.7. The Balaban J connectivity index is 1.75. The van der Waals surface area contributed by atoms with Crippen molar-refractivity contribution in [1.29, 1.82) is 0 Å². The molecule has 0 radical (unpaired) electrons. The third kappa shape index (κ3) is 4.00. The zero-order chi connectivity index (χ0) is 22.7. The highest BCUT2D eigenvalue weighted by molar-refractivity contribution is 5.83. The summed E-state index contributed by atoms with van der Waals surface area (Å²) in [6.45, 7) is 2.04. The molecule has 4 atom stereocenters. The fourth-order valence-corrected chi connectivity index (χ4v) is 3.44. The van der Waals surface area contributed by atoms with Gasteiger partial charge in [0.05, 0.1) is 13.4 Å². The number of amides is 1. The number of nitrogens with zero attached hydrogens (tertiary/aromatic N) is 5. The summed E-state index contributed by atoms with van der Waals surface area (Å²) in [7, 11) is 1.43. The Kier molecular flexibility index (Phi) is 6.29. The standard InChI is InChI=1S/C21H22N6O5/c1-3-26(12-28)20-16(29)17(30)21(32-20)27-11-22-15-18(25-31-2)23-14(24-19(15)27)10-9-13-7-5-4-6-8-13/h4-8,11-12,16-17,20-21,29-30H,3H2,1-2H3,(H,23,24,25)/t16-,17+,20-,21+/m0/s1. The van der Waals surface area contributed by atoms with Gasteiger partial charge in [0, 0.05) is 12.1 Å². The van der Waals surface area contributed by atoms with Gasteiger partial charge in [-0.15, -0.1) is 0 Å². The van der Waals surface area contributed by atoms with Crippen LogP contribution in [0.1, 0.15) is 24.5 Å². The van der Waals surface area contributed by atoms with Crippen LogP contribution in [0.15, 0.2) is 36.7 Å². The van der Waals surface area contributed by atoms with Crippen molar-refractivity contribution in [2.45, 2.75) is 31.6 Å². The molecule has 4 rings (SSSR count). The molecule has 11 nitrogen and oxygen atoms in total. The summed E-state index contributed by atoms with van der Waals surface area (Å²) in [5.41, 5.74) is 4.11. The van der Waals surface area contributed by atoms with Gasteiger partial charge in [0.1, 0.15) is 12.2 Å². The van der Waals surface area contributed by atoms with Crippen molar-refractivity contribution >= 4 is 23.4 Å². The van der Waals surface area contributed by atoms with Crippen LogP contribution in [0, 0.1) is 11.8 Å². The van der Waals surface area contributed by atoms with Crippen molar-refractivity contribution in [2.75, 3.05) is 19.1 Å². The van der Waals surface area contributed by atoms with Gasteiger partial charge in [-0.1, -0.05) is 24.1 Å². The van der Waals surface area contributed by atoms with Gasteiger partial charge in [-0.25, -0.2) is 15.4 Å². The zero-order valence-electron chi connectivity index (χ0n) is 17.4. The number of ether oxygens (including phenoxy) is 1. The molecule has 0 saturated carbocycles. The van der Waals surface area contributed by atoms with E-state index in [1.165, 1.54) is 22.9 Å². The smallest absolute Gasteiger partial charge is 0.211 e. The van der Waals surface area contributed by atoms with Crippen LogP contribution in [0.2, 0.25) is 0 Å². The molecule has 3 heterocycles. The lowest BCUT2D eigenvalue weighted by atomic mass is 10.2. The minimum Gasteiger partial charge on any atom is -0.385 e. The molecule has 1 saturated heterocycles. The second kappa shape index (κ2) is 9.29. The minimum absolute atomic E-state index is 0.190. The number of likely N-dealkylation sites (N-methyl/N-ethyl adjacent to an activating group) is 1. The van der Waals surface area contributed by atoms with E-state index in [1.54, 1.807) is 6.92 Å². The number of aliphatic hydroxyl groups excluding tert-OH is 2. The molecule has 1 aliphatic rings. The number of carbonyl (C=O) groups is 1. The number of hydrogen-bond donors (Lipinski definition) is 3. The van der Waals surface area contributed by atoms with E-state index in [0.29, 0.717) is 24.1 Å². The molecule has 1 aromatic carbocycles. The summed E-state index contributed by atoms with van der Waals surface area (Å²) in [5, 5.41) is 21.1. The van der Waals surface area contributed by atoms with E-state index in [9.17, 15) is 15.0 Å². The fraction of sp³-hybridized carbons (Fsp3) is 0.333. The number of fused-ring (bicyclic) bond motifs is 1. The van der Waals surface area contributed by atoms with E-state index >= 15 is 0 Å². The molecule has 1 fully saturated rings. The maximum atomic E-state index is 11.3. The highest BCUT2D eigenvalue weighted by Crippen LogP contribution is 2.33. The second-order valence-electron chi connectivity index (χ2n) is 6.98. The van der Waals surface area contributed by atoms with E-state index in [0.717, 1.165) is 5.56 Å². The lowest BCUT2D eigenvalue weighted by Crippen LogP contribution is -2.43. The Morgan fingerprint density at radius 2 is 2.03 bits per heavy atom. The van der Waals surface area contributed by atoms with Gasteiger partial charge < -0.3 is 19.8 Å². The molecular weight excluding hydrogens is 416 g/mol. The van der Waals surface area contributed by atoms with Gasteiger partial charge in [-0.3, -0.25) is 14.2 Å². The number of carbonyl (C=O) groups excluding carboxylic acids is 1. The van der Waals surface area contributed by atoms with E-state index in [1.807, 2.05) is 30.3 Å². The quantitative estimate of drug-likeness (QED) is 0.281. The van der Waals surface area contributed by atoms with Crippen LogP contribution < -0.4 is 5.48 Å². The number of aliphatic hydroxyl groups is 2. The number of rotatable bonds is 6. The van der Waals surface area contributed by atoms with Crippen molar-refractivity contribution in [3.05, 3.63) is 48.0 Å². The van der Waals surface area contributed by atoms with Crippen LogP contribution in [0.4, 0.5) is 5.82 Å². The zero-order valence-corrected chi connectivity index (χ0v) is 17.4. The van der Waals surface area contributed by atoms with E-state index in [4.69, 9.17) is 9.57 Å². The van der Waals surface area contributed by atoms with Crippen molar-refractivity contribution in [2.24, 2.45) is 0 Å². The van der Waals surface area contributed by atoms with E-state index < -0.39 is 24.7 Å². The molecule has 32 heavy (non-hydrogen) atoms. The summed E-state index contributed by atoms with van der Waals surface area (Å²) < 4.78 is 7.29. The van der Waals surface area contributed by atoms with Gasteiger partial charge >= 0.3 is 0 Å². The van der Waals surface area contributed by atoms with Crippen LogP contribution in [0.3, 0.4) is 0 Å². The molecule has 0 bridgehead atoms. The normalized spacial score (nSPS) is 22.4. The summed E-state index contributed by atoms with van der Waals surface area (Å²) in [6, 6.07) is 9.37. The van der Waals surface area contributed by atoms with Gasteiger partial charge in [-0.05, 0) is 25.0 Å². The highest BCUT2D eigenvalue weighted by atomic mass is 16.6. The average molecular weight is 438 g/mol. The van der Waals surface area contributed by atoms with Crippen molar-refractivity contribution in [3.63, 3.8) is 0 Å². The summed E-state index contributed by atoms with van der Waals surface area (Å²) in [5.74, 6) is 6.37. The number of anilines is 1. The Bertz CT molecular complexity index is 1160. The number of benzene rings is 1. The molecule has 3 aromatic rings. The topological polar surface area (TPSA) is 135 Å². The summed E-state index contributed by atoms with van der Waals surface area (Å²) in [4.78, 5) is 30.7. The molecule has 166 valence electrons. The predicted molar refractivity (Wildman–Crippen MR) is 113 cm³/mol. The Morgan fingerprint density at radius 3 is 2.72 bits per heavy atom. The van der Waals surface area contributed by atoms with Crippen LogP contribution in [-0.4, -0.2) is 73.1 Å². The highest BCUT2D eigenvalue weighted by Gasteiger charge is 2.46. The maximum absolute atomic E-state index is 11.3. The average Bonchev–Trinajstić information content (AvgIpc) is 3.36. The van der Waals surface area contributed by atoms with Crippen LogP contribution in [0.5, 0.6) is 0 Å². The molecule has 1 amide bonds. The molecule has 0 unspecified atom stereocenters. The fourth-order valence-electron chi connectivity index (χ4n) is 3.44. The molecular formula is C21H22N6O5. The summed E-state index contributed by atoms with van der Waals surface area (Å²) >= 11 is 0. The Labute approximate surface area is 183 Å². The van der Waals surface area contributed by atoms with Crippen molar-refractivity contribution in [3.8, 4) is 11.8 Å². The van der Waals surface area contributed by atoms with E-state index in [2.05, 4.69) is 32.3 Å². The monoisotopic (exact) mass is 438 g/mol. The lowest BCUT2D eigenvalue weighted by Gasteiger charge is -2.25. The van der Waals surface area contributed by atoms with Crippen molar-refractivity contribution in [1.82, 2.24) is 24.4 Å². The first-order valence-electron chi connectivity index (χ1n) is 9.90.